The van der Waals surface area contributed by atoms with E-state index < -0.39 is 0 Å². The van der Waals surface area contributed by atoms with E-state index in [0.29, 0.717) is 47.2 Å². The molecule has 1 aliphatic heterocycles. The van der Waals surface area contributed by atoms with Crippen molar-refractivity contribution in [2.75, 3.05) is 6.54 Å². The number of fused-ring (bicyclic) bond motifs is 3. The summed E-state index contributed by atoms with van der Waals surface area (Å²) in [6.45, 7) is 3.87. The zero-order chi connectivity index (χ0) is 21.7. The first kappa shape index (κ1) is 20.0. The van der Waals surface area contributed by atoms with E-state index >= 15 is 0 Å². The van der Waals surface area contributed by atoms with Gasteiger partial charge in [-0.3, -0.25) is 9.59 Å². The van der Waals surface area contributed by atoms with Gasteiger partial charge in [0, 0.05) is 29.0 Å². The molecule has 0 radical (unpaired) electrons. The highest BCUT2D eigenvalue weighted by Gasteiger charge is 2.40. The normalized spacial score (nSPS) is 25.4. The van der Waals surface area contributed by atoms with E-state index in [0.717, 1.165) is 24.0 Å². The van der Waals surface area contributed by atoms with Crippen LogP contribution in [0.4, 0.5) is 4.39 Å². The molecule has 1 fully saturated rings. The summed E-state index contributed by atoms with van der Waals surface area (Å²) < 4.78 is 20.9. The summed E-state index contributed by atoms with van der Waals surface area (Å²) in [4.78, 5) is 24.5. The Bertz CT molecular complexity index is 1110. The molecular weight excluding hydrogens is 393 g/mol. The Hall–Kier alpha value is -2.95. The van der Waals surface area contributed by atoms with Crippen molar-refractivity contribution in [2.45, 2.75) is 39.2 Å². The molecule has 2 aliphatic carbocycles. The minimum atomic E-state index is -0.387. The Balaban J connectivity index is 1.34. The van der Waals surface area contributed by atoms with Crippen LogP contribution in [0.3, 0.4) is 0 Å². The fourth-order valence-electron chi connectivity index (χ4n) is 5.28. The van der Waals surface area contributed by atoms with E-state index in [-0.39, 0.29) is 29.5 Å². The number of benzene rings is 2. The van der Waals surface area contributed by atoms with Gasteiger partial charge in [-0.2, -0.15) is 0 Å². The average molecular weight is 419 g/mol. The summed E-state index contributed by atoms with van der Waals surface area (Å²) in [6.07, 6.45) is 6.92. The highest BCUT2D eigenvalue weighted by atomic mass is 19.1. The van der Waals surface area contributed by atoms with Gasteiger partial charge in [0.25, 0.3) is 0 Å². The SMILES string of the molecule is CC(=O)c1ccc(F)c(-c2cc(C)cc3c2O[C@H](CNC(=O)[C@H]2C[C@@H]4C=C[C@H]2C4)C3)c1. The number of amides is 1. The summed E-state index contributed by atoms with van der Waals surface area (Å²) in [5.74, 6) is 1.25. The first-order valence-electron chi connectivity index (χ1n) is 11.0. The number of hydrogen-bond acceptors (Lipinski definition) is 3. The lowest BCUT2D eigenvalue weighted by Gasteiger charge is -2.19. The van der Waals surface area contributed by atoms with Crippen molar-refractivity contribution in [3.63, 3.8) is 0 Å². The van der Waals surface area contributed by atoms with E-state index in [1.165, 1.54) is 19.1 Å². The fourth-order valence-corrected chi connectivity index (χ4v) is 5.28. The van der Waals surface area contributed by atoms with Crippen LogP contribution in [-0.2, 0) is 11.2 Å². The summed E-state index contributed by atoms with van der Waals surface area (Å²) in [6, 6.07) is 8.37. The van der Waals surface area contributed by atoms with Gasteiger partial charge in [0.05, 0.1) is 6.54 Å². The number of carbonyl (C=O) groups is 2. The lowest BCUT2D eigenvalue weighted by molar-refractivity contribution is -0.126. The van der Waals surface area contributed by atoms with Crippen LogP contribution < -0.4 is 10.1 Å². The van der Waals surface area contributed by atoms with Crippen LogP contribution in [0.2, 0.25) is 0 Å². The molecule has 4 atom stereocenters. The molecule has 5 rings (SSSR count). The smallest absolute Gasteiger partial charge is 0.223 e. The fraction of sp³-hybridized carbons (Fsp3) is 0.385. The molecule has 0 unspecified atom stereocenters. The first-order valence-corrected chi connectivity index (χ1v) is 11.0. The second-order valence-corrected chi connectivity index (χ2v) is 9.13. The van der Waals surface area contributed by atoms with Gasteiger partial charge in [0.2, 0.25) is 5.91 Å². The van der Waals surface area contributed by atoms with E-state index in [1.807, 2.05) is 19.1 Å². The molecule has 0 spiro atoms. The van der Waals surface area contributed by atoms with Gasteiger partial charge in [0.1, 0.15) is 17.7 Å². The molecule has 1 N–H and O–H groups in total. The Labute approximate surface area is 181 Å². The monoisotopic (exact) mass is 419 g/mol. The molecule has 2 aromatic rings. The predicted octanol–water partition coefficient (Wildman–Crippen LogP) is 4.64. The molecule has 1 saturated carbocycles. The number of carbonyl (C=O) groups excluding carboxylic acids is 2. The zero-order valence-corrected chi connectivity index (χ0v) is 17.8. The Morgan fingerprint density at radius 3 is 2.68 bits per heavy atom. The maximum Gasteiger partial charge on any atom is 0.223 e. The standard InChI is InChI=1S/C26H26FNO3/c1-14-7-19-11-20(13-28-26(30)21-10-16-3-4-18(21)9-16)31-25(19)23(8-14)22-12-17(15(2)29)5-6-24(22)27/h3-8,12,16,18,20-21H,9-11,13H2,1-2H3,(H,28,30)/t16-,18+,20+,21+/m1/s1. The molecule has 4 nitrogen and oxygen atoms in total. The Morgan fingerprint density at radius 1 is 1.13 bits per heavy atom. The van der Waals surface area contributed by atoms with Gasteiger partial charge in [-0.05, 0) is 73.9 Å². The largest absolute Gasteiger partial charge is 0.487 e. The highest BCUT2D eigenvalue weighted by Crippen LogP contribution is 2.44. The number of nitrogens with one attached hydrogen (secondary N) is 1. The Morgan fingerprint density at radius 2 is 1.97 bits per heavy atom. The minimum absolute atomic E-state index is 0.0694. The molecule has 0 aromatic heterocycles. The van der Waals surface area contributed by atoms with Crippen LogP contribution in [0, 0.1) is 30.5 Å². The van der Waals surface area contributed by atoms with Crippen molar-refractivity contribution < 1.29 is 18.7 Å². The molecule has 160 valence electrons. The van der Waals surface area contributed by atoms with Crippen LogP contribution >= 0.6 is 0 Å². The number of allylic oxidation sites excluding steroid dienone is 2. The van der Waals surface area contributed by atoms with Crippen LogP contribution in [-0.4, -0.2) is 24.3 Å². The number of halogens is 1. The molecule has 2 bridgehead atoms. The van der Waals surface area contributed by atoms with E-state index in [4.69, 9.17) is 4.74 Å². The van der Waals surface area contributed by atoms with Crippen LogP contribution in [0.1, 0.15) is 41.3 Å². The summed E-state index contributed by atoms with van der Waals surface area (Å²) in [7, 11) is 0. The molecule has 0 saturated heterocycles. The number of ketones is 1. The van der Waals surface area contributed by atoms with Crippen molar-refractivity contribution in [1.82, 2.24) is 5.32 Å². The Kier molecular flexibility index (Phi) is 4.92. The van der Waals surface area contributed by atoms with E-state index in [9.17, 15) is 14.0 Å². The van der Waals surface area contributed by atoms with Crippen LogP contribution in [0.15, 0.2) is 42.5 Å². The molecule has 1 heterocycles. The number of Topliss-reactive ketones (excluding diaryl/α,β-unsaturated/α-hetero) is 1. The van der Waals surface area contributed by atoms with Crippen molar-refractivity contribution in [1.29, 1.82) is 0 Å². The van der Waals surface area contributed by atoms with Gasteiger partial charge < -0.3 is 10.1 Å². The zero-order valence-electron chi connectivity index (χ0n) is 17.8. The van der Waals surface area contributed by atoms with Gasteiger partial charge in [0.15, 0.2) is 5.78 Å². The average Bonchev–Trinajstić information content (AvgIpc) is 3.47. The van der Waals surface area contributed by atoms with E-state index in [1.54, 1.807) is 6.07 Å². The van der Waals surface area contributed by atoms with Gasteiger partial charge in [-0.25, -0.2) is 4.39 Å². The second kappa shape index (κ2) is 7.63. The van der Waals surface area contributed by atoms with Gasteiger partial charge >= 0.3 is 0 Å². The van der Waals surface area contributed by atoms with Crippen LogP contribution in [0.5, 0.6) is 5.75 Å². The number of ether oxygens (including phenoxy) is 1. The number of rotatable bonds is 5. The third-order valence-electron chi connectivity index (χ3n) is 6.82. The first-order chi connectivity index (χ1) is 14.9. The summed E-state index contributed by atoms with van der Waals surface area (Å²) in [5.41, 5.74) is 3.50. The summed E-state index contributed by atoms with van der Waals surface area (Å²) >= 11 is 0. The molecule has 31 heavy (non-hydrogen) atoms. The van der Waals surface area contributed by atoms with Crippen LogP contribution in [0.25, 0.3) is 11.1 Å². The third-order valence-corrected chi connectivity index (χ3v) is 6.82. The predicted molar refractivity (Wildman–Crippen MR) is 117 cm³/mol. The van der Waals surface area contributed by atoms with Crippen molar-refractivity contribution in [3.8, 4) is 16.9 Å². The number of aryl methyl sites for hydroxylation is 1. The van der Waals surface area contributed by atoms with Crippen molar-refractivity contribution in [2.24, 2.45) is 17.8 Å². The highest BCUT2D eigenvalue weighted by molar-refractivity contribution is 5.95. The van der Waals surface area contributed by atoms with Crippen molar-refractivity contribution >= 4 is 11.7 Å². The molecule has 3 aliphatic rings. The molecule has 5 heteroatoms. The summed E-state index contributed by atoms with van der Waals surface area (Å²) in [5, 5.41) is 3.08. The number of hydrogen-bond donors (Lipinski definition) is 1. The molecule has 2 aromatic carbocycles. The molecule has 1 amide bonds. The van der Waals surface area contributed by atoms with Crippen molar-refractivity contribution in [3.05, 3.63) is 65.0 Å². The lowest BCUT2D eigenvalue weighted by Crippen LogP contribution is -2.39. The maximum atomic E-state index is 14.7. The quantitative estimate of drug-likeness (QED) is 0.568. The van der Waals surface area contributed by atoms with E-state index in [2.05, 4.69) is 17.5 Å². The lowest BCUT2D eigenvalue weighted by atomic mass is 9.93. The third kappa shape index (κ3) is 3.67. The second-order valence-electron chi connectivity index (χ2n) is 9.13. The van der Waals surface area contributed by atoms with Gasteiger partial charge in [-0.15, -0.1) is 0 Å². The maximum absolute atomic E-state index is 14.7. The minimum Gasteiger partial charge on any atom is -0.487 e. The topological polar surface area (TPSA) is 55.4 Å². The molecular formula is C26H26FNO3. The van der Waals surface area contributed by atoms with Gasteiger partial charge in [-0.1, -0.05) is 18.2 Å².